The van der Waals surface area contributed by atoms with Crippen molar-refractivity contribution in [3.8, 4) is 22.8 Å². The standard InChI is InChI=1S/C12H12ClNO3/c1-15-9-4-3-8(5-10(9)16-2)11-7-14-12(6-13)17-11/h3-5,7H,6H2,1-2H3. The molecule has 0 fully saturated rings. The van der Waals surface area contributed by atoms with Crippen LogP contribution < -0.4 is 9.47 Å². The molecule has 5 heteroatoms. The monoisotopic (exact) mass is 253 g/mol. The van der Waals surface area contributed by atoms with Gasteiger partial charge in [-0.3, -0.25) is 0 Å². The Morgan fingerprint density at radius 1 is 1.24 bits per heavy atom. The summed E-state index contributed by atoms with van der Waals surface area (Å²) in [5.74, 6) is 2.73. The van der Waals surface area contributed by atoms with Crippen molar-refractivity contribution in [1.82, 2.24) is 4.98 Å². The fraction of sp³-hybridized carbons (Fsp3) is 0.250. The van der Waals surface area contributed by atoms with Crippen LogP contribution in [0, 0.1) is 0 Å². The molecular formula is C12H12ClNO3. The second-order valence-corrected chi connectivity index (χ2v) is 3.59. The van der Waals surface area contributed by atoms with E-state index < -0.39 is 0 Å². The third kappa shape index (κ3) is 2.36. The summed E-state index contributed by atoms with van der Waals surface area (Å²) in [5.41, 5.74) is 0.867. The van der Waals surface area contributed by atoms with E-state index in [4.69, 9.17) is 25.5 Å². The maximum Gasteiger partial charge on any atom is 0.209 e. The van der Waals surface area contributed by atoms with E-state index in [1.165, 1.54) is 0 Å². The normalized spacial score (nSPS) is 10.3. The van der Waals surface area contributed by atoms with Crippen molar-refractivity contribution in [2.24, 2.45) is 0 Å². The molecule has 17 heavy (non-hydrogen) atoms. The Labute approximate surface area is 104 Å². The molecular weight excluding hydrogens is 242 g/mol. The number of hydrogen-bond donors (Lipinski definition) is 0. The molecule has 0 N–H and O–H groups in total. The molecule has 90 valence electrons. The summed E-state index contributed by atoms with van der Waals surface area (Å²) in [4.78, 5) is 4.04. The number of nitrogens with zero attached hydrogens (tertiary/aromatic N) is 1. The van der Waals surface area contributed by atoms with E-state index in [-0.39, 0.29) is 5.88 Å². The second kappa shape index (κ2) is 5.10. The number of oxazole rings is 1. The van der Waals surface area contributed by atoms with E-state index in [1.807, 2.05) is 18.2 Å². The number of alkyl halides is 1. The number of hydrogen-bond acceptors (Lipinski definition) is 4. The molecule has 4 nitrogen and oxygen atoms in total. The van der Waals surface area contributed by atoms with Crippen molar-refractivity contribution >= 4 is 11.6 Å². The van der Waals surface area contributed by atoms with E-state index in [0.717, 1.165) is 5.56 Å². The molecule has 1 aromatic heterocycles. The highest BCUT2D eigenvalue weighted by molar-refractivity contribution is 6.16. The Bertz CT molecular complexity index is 510. The molecule has 0 unspecified atom stereocenters. The Morgan fingerprint density at radius 2 is 2.00 bits per heavy atom. The Kier molecular flexibility index (Phi) is 3.54. The first kappa shape index (κ1) is 11.8. The summed E-state index contributed by atoms with van der Waals surface area (Å²) in [5, 5.41) is 0. The second-order valence-electron chi connectivity index (χ2n) is 3.32. The van der Waals surface area contributed by atoms with Crippen molar-refractivity contribution in [3.63, 3.8) is 0 Å². The smallest absolute Gasteiger partial charge is 0.209 e. The number of methoxy groups -OCH3 is 2. The minimum atomic E-state index is 0.257. The zero-order chi connectivity index (χ0) is 12.3. The first-order chi connectivity index (χ1) is 8.28. The van der Waals surface area contributed by atoms with E-state index in [2.05, 4.69) is 4.98 Å². The van der Waals surface area contributed by atoms with Gasteiger partial charge in [-0.25, -0.2) is 4.98 Å². The molecule has 0 aliphatic heterocycles. The lowest BCUT2D eigenvalue weighted by Crippen LogP contribution is -1.90. The zero-order valence-corrected chi connectivity index (χ0v) is 10.3. The number of rotatable bonds is 4. The molecule has 2 aromatic rings. The fourth-order valence-electron chi connectivity index (χ4n) is 1.49. The van der Waals surface area contributed by atoms with Crippen LogP contribution in [0.2, 0.25) is 0 Å². The first-order valence-corrected chi connectivity index (χ1v) is 5.55. The zero-order valence-electron chi connectivity index (χ0n) is 9.57. The first-order valence-electron chi connectivity index (χ1n) is 5.01. The predicted octanol–water partition coefficient (Wildman–Crippen LogP) is 3.10. The number of benzene rings is 1. The van der Waals surface area contributed by atoms with Gasteiger partial charge in [-0.05, 0) is 18.2 Å². The lowest BCUT2D eigenvalue weighted by molar-refractivity contribution is 0.355. The van der Waals surface area contributed by atoms with Crippen molar-refractivity contribution < 1.29 is 13.9 Å². The molecule has 0 amide bonds. The highest BCUT2D eigenvalue weighted by Crippen LogP contribution is 2.32. The van der Waals surface area contributed by atoms with Crippen LogP contribution in [0.4, 0.5) is 0 Å². The summed E-state index contributed by atoms with van der Waals surface area (Å²) in [7, 11) is 3.18. The fourth-order valence-corrected chi connectivity index (χ4v) is 1.62. The summed E-state index contributed by atoms with van der Waals surface area (Å²) >= 11 is 5.63. The van der Waals surface area contributed by atoms with Crippen LogP contribution in [0.5, 0.6) is 11.5 Å². The van der Waals surface area contributed by atoms with Gasteiger partial charge in [-0.2, -0.15) is 0 Å². The van der Waals surface area contributed by atoms with Gasteiger partial charge >= 0.3 is 0 Å². The quantitative estimate of drug-likeness (QED) is 0.786. The van der Waals surface area contributed by atoms with Crippen LogP contribution in [-0.4, -0.2) is 19.2 Å². The van der Waals surface area contributed by atoms with E-state index >= 15 is 0 Å². The summed E-state index contributed by atoms with van der Waals surface area (Å²) in [6, 6.07) is 5.52. The SMILES string of the molecule is COc1ccc(-c2cnc(CCl)o2)cc1OC. The van der Waals surface area contributed by atoms with Gasteiger partial charge in [0.1, 0.15) is 0 Å². The minimum Gasteiger partial charge on any atom is -0.493 e. The van der Waals surface area contributed by atoms with Gasteiger partial charge in [0.25, 0.3) is 0 Å². The molecule has 1 aromatic carbocycles. The van der Waals surface area contributed by atoms with Crippen molar-refractivity contribution in [3.05, 3.63) is 30.3 Å². The van der Waals surface area contributed by atoms with Gasteiger partial charge < -0.3 is 13.9 Å². The van der Waals surface area contributed by atoms with Crippen LogP contribution >= 0.6 is 11.6 Å². The summed E-state index contributed by atoms with van der Waals surface area (Å²) in [6.07, 6.45) is 1.64. The average Bonchev–Trinajstić information content (AvgIpc) is 2.86. The average molecular weight is 254 g/mol. The van der Waals surface area contributed by atoms with Crippen LogP contribution in [0.25, 0.3) is 11.3 Å². The maximum atomic E-state index is 5.63. The minimum absolute atomic E-state index is 0.257. The third-order valence-electron chi connectivity index (χ3n) is 2.34. The van der Waals surface area contributed by atoms with Crippen LogP contribution in [0.3, 0.4) is 0 Å². The molecule has 0 spiro atoms. The highest BCUT2D eigenvalue weighted by Gasteiger charge is 2.09. The Hall–Kier alpha value is -1.68. The van der Waals surface area contributed by atoms with E-state index in [9.17, 15) is 0 Å². The largest absolute Gasteiger partial charge is 0.493 e. The summed E-state index contributed by atoms with van der Waals surface area (Å²) < 4.78 is 15.8. The Balaban J connectivity index is 2.38. The van der Waals surface area contributed by atoms with E-state index in [0.29, 0.717) is 23.1 Å². The summed E-state index contributed by atoms with van der Waals surface area (Å²) in [6.45, 7) is 0. The molecule has 0 radical (unpaired) electrons. The predicted molar refractivity (Wildman–Crippen MR) is 64.6 cm³/mol. The van der Waals surface area contributed by atoms with Gasteiger partial charge in [-0.15, -0.1) is 11.6 Å². The van der Waals surface area contributed by atoms with Crippen LogP contribution in [0.1, 0.15) is 5.89 Å². The molecule has 0 aliphatic carbocycles. The van der Waals surface area contributed by atoms with Gasteiger partial charge in [0.15, 0.2) is 17.3 Å². The molecule has 0 saturated carbocycles. The van der Waals surface area contributed by atoms with Crippen molar-refractivity contribution in [2.45, 2.75) is 5.88 Å². The number of halogens is 1. The van der Waals surface area contributed by atoms with Crippen molar-refractivity contribution in [1.29, 1.82) is 0 Å². The molecule has 0 aliphatic rings. The van der Waals surface area contributed by atoms with Gasteiger partial charge in [0, 0.05) is 5.56 Å². The number of ether oxygens (including phenoxy) is 2. The van der Waals surface area contributed by atoms with E-state index in [1.54, 1.807) is 20.4 Å². The number of aromatic nitrogens is 1. The lowest BCUT2D eigenvalue weighted by Gasteiger charge is -2.07. The topological polar surface area (TPSA) is 44.5 Å². The lowest BCUT2D eigenvalue weighted by atomic mass is 10.1. The molecule has 2 rings (SSSR count). The van der Waals surface area contributed by atoms with Crippen molar-refractivity contribution in [2.75, 3.05) is 14.2 Å². The molecule has 0 saturated heterocycles. The van der Waals surface area contributed by atoms with Gasteiger partial charge in [0.05, 0.1) is 26.3 Å². The molecule has 0 atom stereocenters. The molecule has 1 heterocycles. The molecule has 0 bridgehead atoms. The van der Waals surface area contributed by atoms with Crippen LogP contribution in [-0.2, 0) is 5.88 Å². The maximum absolute atomic E-state index is 5.63. The highest BCUT2D eigenvalue weighted by atomic mass is 35.5. The van der Waals surface area contributed by atoms with Crippen LogP contribution in [0.15, 0.2) is 28.8 Å². The Morgan fingerprint density at radius 3 is 2.59 bits per heavy atom. The third-order valence-corrected chi connectivity index (χ3v) is 2.56. The van der Waals surface area contributed by atoms with Gasteiger partial charge in [0.2, 0.25) is 5.89 Å². The van der Waals surface area contributed by atoms with Gasteiger partial charge in [-0.1, -0.05) is 0 Å².